The Bertz CT molecular complexity index is 392. The van der Waals surface area contributed by atoms with Gasteiger partial charge in [-0.2, -0.15) is 0 Å². The van der Waals surface area contributed by atoms with E-state index in [0.29, 0.717) is 0 Å². The summed E-state index contributed by atoms with van der Waals surface area (Å²) in [6.07, 6.45) is 40.0. The molecule has 0 saturated heterocycles. The Morgan fingerprint density at radius 3 is 0.434 bits per heavy atom. The monoisotopic (exact) mass is 789 g/mol. The van der Waals surface area contributed by atoms with Crippen LogP contribution in [0.15, 0.2) is 0 Å². The molecule has 0 atom stereocenters. The second kappa shape index (κ2) is 59.2. The van der Waals surface area contributed by atoms with E-state index in [4.69, 9.17) is 0 Å². The average molecular weight is 789 g/mol. The summed E-state index contributed by atoms with van der Waals surface area (Å²) >= 11 is 0. The van der Waals surface area contributed by atoms with Crippen molar-refractivity contribution >= 4 is 0 Å². The van der Waals surface area contributed by atoms with Gasteiger partial charge in [0.25, 0.3) is 0 Å². The van der Waals surface area contributed by atoms with Gasteiger partial charge in [0.2, 0.25) is 0 Å². The third-order valence-electron chi connectivity index (χ3n) is 10.8. The van der Waals surface area contributed by atoms with Crippen LogP contribution in [0.4, 0.5) is 0 Å². The minimum atomic E-state index is 0. The molecule has 0 heterocycles. The van der Waals surface area contributed by atoms with Crippen LogP contribution in [0.3, 0.4) is 0 Å². The van der Waals surface area contributed by atoms with E-state index < -0.39 is 0 Å². The van der Waals surface area contributed by atoms with Crippen LogP contribution in [-0.2, 0) is 21.7 Å². The van der Waals surface area contributed by atoms with Gasteiger partial charge in [-0.05, 0) is 23.7 Å². The zero-order valence-electron chi connectivity index (χ0n) is 37.9. The summed E-state index contributed by atoms with van der Waals surface area (Å²) in [5.41, 5.74) is 0. The molecular formula is C48H100O4Ti. The van der Waals surface area contributed by atoms with E-state index in [1.54, 1.807) is 0 Å². The van der Waals surface area contributed by atoms with Crippen molar-refractivity contribution in [1.82, 2.24) is 0 Å². The molecule has 0 unspecified atom stereocenters. The zero-order chi connectivity index (χ0) is 39.8. The fourth-order valence-electron chi connectivity index (χ4n) is 7.16. The van der Waals surface area contributed by atoms with Gasteiger partial charge in [-0.25, -0.2) is 0 Å². The number of rotatable bonds is 36. The second-order valence-corrected chi connectivity index (χ2v) is 16.0. The summed E-state index contributed by atoms with van der Waals surface area (Å²) in [4.78, 5) is 0. The third kappa shape index (κ3) is 57.0. The smallest absolute Gasteiger partial charge is 0.854 e. The van der Waals surface area contributed by atoms with Crippen molar-refractivity contribution in [2.45, 2.75) is 261 Å². The first kappa shape index (κ1) is 62.7. The van der Waals surface area contributed by atoms with E-state index in [-0.39, 0.29) is 48.1 Å². The van der Waals surface area contributed by atoms with Crippen LogP contribution in [0.2, 0.25) is 0 Å². The molecule has 5 heteroatoms. The molecule has 0 aliphatic rings. The molecule has 0 aliphatic carbocycles. The summed E-state index contributed by atoms with van der Waals surface area (Å²) in [5.74, 6) is 3.37. The molecular weight excluding hydrogens is 688 g/mol. The molecule has 53 heavy (non-hydrogen) atoms. The van der Waals surface area contributed by atoms with E-state index in [0.717, 1.165) is 49.4 Å². The van der Waals surface area contributed by atoms with Gasteiger partial charge in [-0.1, -0.05) is 261 Å². The van der Waals surface area contributed by atoms with Crippen molar-refractivity contribution in [2.24, 2.45) is 23.7 Å². The quantitative estimate of drug-likeness (QED) is 0.0591. The van der Waals surface area contributed by atoms with E-state index in [1.807, 2.05) is 0 Å². The van der Waals surface area contributed by atoms with Gasteiger partial charge in [0.15, 0.2) is 0 Å². The van der Waals surface area contributed by atoms with Crippen LogP contribution in [-0.4, -0.2) is 26.4 Å². The van der Waals surface area contributed by atoms with E-state index in [1.165, 1.54) is 180 Å². The normalized spacial score (nSPS) is 10.9. The Morgan fingerprint density at radius 2 is 0.340 bits per heavy atom. The van der Waals surface area contributed by atoms with Crippen LogP contribution >= 0.6 is 0 Å². The van der Waals surface area contributed by atoms with Crippen molar-refractivity contribution in [3.63, 3.8) is 0 Å². The molecule has 320 valence electrons. The van der Waals surface area contributed by atoms with Gasteiger partial charge in [-0.15, -0.1) is 26.4 Å². The number of unbranched alkanes of at least 4 members (excludes halogenated alkanes) is 8. The van der Waals surface area contributed by atoms with Crippen molar-refractivity contribution in [2.75, 3.05) is 26.4 Å². The summed E-state index contributed by atoms with van der Waals surface area (Å²) in [6, 6.07) is 0. The molecule has 0 rings (SSSR count). The average Bonchev–Trinajstić information content (AvgIpc) is 3.17. The fourth-order valence-corrected chi connectivity index (χ4v) is 7.16. The van der Waals surface area contributed by atoms with Crippen LogP contribution in [0, 0.1) is 23.7 Å². The van der Waals surface area contributed by atoms with E-state index in [9.17, 15) is 20.4 Å². The van der Waals surface area contributed by atoms with Gasteiger partial charge in [-0.3, -0.25) is 0 Å². The molecule has 0 fully saturated rings. The van der Waals surface area contributed by atoms with Crippen molar-refractivity contribution in [3.8, 4) is 0 Å². The van der Waals surface area contributed by atoms with Crippen LogP contribution < -0.4 is 20.4 Å². The summed E-state index contributed by atoms with van der Waals surface area (Å²) in [6.45, 7) is 18.4. The standard InChI is InChI=1S/4C12H25O.Ti/c4*1-3-5-8-12(9-6-4-2)10-7-11-13;/h4*12H,3-11H2,1-2H3;/q4*-1;+4. The Morgan fingerprint density at radius 1 is 0.226 bits per heavy atom. The Balaban J connectivity index is -0.000000192. The topological polar surface area (TPSA) is 92.2 Å². The second-order valence-electron chi connectivity index (χ2n) is 16.0. The molecule has 0 aromatic heterocycles. The van der Waals surface area contributed by atoms with E-state index >= 15 is 0 Å². The zero-order valence-corrected chi connectivity index (χ0v) is 39.5. The largest absolute Gasteiger partial charge is 4.00 e. The predicted octanol–water partition coefficient (Wildman–Crippen LogP) is 12.5. The molecule has 0 amide bonds. The maximum Gasteiger partial charge on any atom is 4.00 e. The van der Waals surface area contributed by atoms with Crippen LogP contribution in [0.25, 0.3) is 0 Å². The van der Waals surface area contributed by atoms with Crippen molar-refractivity contribution < 1.29 is 42.1 Å². The minimum absolute atomic E-state index is 0. The van der Waals surface area contributed by atoms with Gasteiger partial charge < -0.3 is 20.4 Å². The first-order chi connectivity index (χ1) is 25.4. The first-order valence-corrected chi connectivity index (χ1v) is 23.7. The molecule has 0 aromatic rings. The summed E-state index contributed by atoms with van der Waals surface area (Å²) in [5, 5.41) is 41.5. The van der Waals surface area contributed by atoms with Gasteiger partial charge >= 0.3 is 21.7 Å². The number of hydrogen-bond donors (Lipinski definition) is 0. The van der Waals surface area contributed by atoms with Gasteiger partial charge in [0, 0.05) is 0 Å². The number of hydrogen-bond acceptors (Lipinski definition) is 4. The molecule has 0 bridgehead atoms. The molecule has 4 nitrogen and oxygen atoms in total. The molecule has 0 aliphatic heterocycles. The summed E-state index contributed by atoms with van der Waals surface area (Å²) in [7, 11) is 0. The van der Waals surface area contributed by atoms with Gasteiger partial charge in [0.1, 0.15) is 0 Å². The molecule has 0 saturated carbocycles. The molecule has 0 radical (unpaired) electrons. The fraction of sp³-hybridized carbons (Fsp3) is 1.00. The van der Waals surface area contributed by atoms with Crippen molar-refractivity contribution in [1.29, 1.82) is 0 Å². The van der Waals surface area contributed by atoms with Gasteiger partial charge in [0.05, 0.1) is 0 Å². The third-order valence-corrected chi connectivity index (χ3v) is 10.8. The first-order valence-electron chi connectivity index (χ1n) is 23.7. The molecule has 0 N–H and O–H groups in total. The summed E-state index contributed by atoms with van der Waals surface area (Å²) < 4.78 is 0. The SMILES string of the molecule is CCCCC(CCCC)CCC[O-].CCCCC(CCCC)CCC[O-].CCCCC(CCCC)CCC[O-].CCCCC(CCCC)CCC[O-].[Ti+4]. The Kier molecular flexibility index (Phi) is 70.1. The Hall–Kier alpha value is 0.554. The van der Waals surface area contributed by atoms with Crippen LogP contribution in [0.1, 0.15) is 261 Å². The van der Waals surface area contributed by atoms with Crippen molar-refractivity contribution in [3.05, 3.63) is 0 Å². The maximum absolute atomic E-state index is 10.4. The van der Waals surface area contributed by atoms with Crippen LogP contribution in [0.5, 0.6) is 0 Å². The molecule has 0 spiro atoms. The van der Waals surface area contributed by atoms with E-state index in [2.05, 4.69) is 55.4 Å². The Labute approximate surface area is 351 Å². The minimum Gasteiger partial charge on any atom is -0.854 e. The molecule has 0 aromatic carbocycles. The maximum atomic E-state index is 10.4. The predicted molar refractivity (Wildman–Crippen MR) is 227 cm³/mol.